The maximum atomic E-state index is 6.53. The summed E-state index contributed by atoms with van der Waals surface area (Å²) in [4.78, 5) is 0. The normalized spacial score (nSPS) is 35.1. The molecule has 2 saturated carbocycles. The third-order valence-electron chi connectivity index (χ3n) is 4.60. The highest BCUT2D eigenvalue weighted by Gasteiger charge is 2.48. The molecule has 2 aliphatic rings. The van der Waals surface area contributed by atoms with Gasteiger partial charge in [0.2, 0.25) is 0 Å². The van der Waals surface area contributed by atoms with E-state index in [4.69, 9.17) is 10.5 Å². The van der Waals surface area contributed by atoms with Crippen molar-refractivity contribution in [3.8, 4) is 5.75 Å². The Bertz CT molecular complexity index is 378. The standard InChI is InChI=1S/C15H21NO/c16-15(11-12-6-7-13(15)10-12)8-9-17-14-4-2-1-3-5-14/h1-5,12-13H,6-11,16H2. The lowest BCUT2D eigenvalue weighted by Crippen LogP contribution is -2.46. The molecule has 2 aliphatic carbocycles. The second kappa shape index (κ2) is 4.34. The van der Waals surface area contributed by atoms with Crippen molar-refractivity contribution in [2.75, 3.05) is 6.61 Å². The lowest BCUT2D eigenvalue weighted by atomic mass is 9.80. The van der Waals surface area contributed by atoms with Crippen LogP contribution < -0.4 is 10.5 Å². The van der Waals surface area contributed by atoms with Gasteiger partial charge in [-0.3, -0.25) is 0 Å². The van der Waals surface area contributed by atoms with Crippen LogP contribution in [0.25, 0.3) is 0 Å². The maximum Gasteiger partial charge on any atom is 0.119 e. The van der Waals surface area contributed by atoms with Crippen LogP contribution in [0.3, 0.4) is 0 Å². The maximum absolute atomic E-state index is 6.53. The SMILES string of the molecule is NC1(CCOc2ccccc2)CC2CCC1C2. The summed E-state index contributed by atoms with van der Waals surface area (Å²) in [6.45, 7) is 0.754. The molecular weight excluding hydrogens is 210 g/mol. The summed E-state index contributed by atoms with van der Waals surface area (Å²) in [6, 6.07) is 10.0. The monoisotopic (exact) mass is 231 g/mol. The minimum Gasteiger partial charge on any atom is -0.494 e. The molecule has 0 amide bonds. The fourth-order valence-electron chi connectivity index (χ4n) is 3.67. The Hall–Kier alpha value is -1.02. The van der Waals surface area contributed by atoms with Crippen molar-refractivity contribution in [3.63, 3.8) is 0 Å². The number of hydrogen-bond acceptors (Lipinski definition) is 2. The molecule has 1 aromatic carbocycles. The van der Waals surface area contributed by atoms with Crippen molar-refractivity contribution in [2.45, 2.75) is 37.6 Å². The van der Waals surface area contributed by atoms with Gasteiger partial charge < -0.3 is 10.5 Å². The molecule has 3 rings (SSSR count). The van der Waals surface area contributed by atoms with Crippen LogP contribution in [-0.4, -0.2) is 12.1 Å². The van der Waals surface area contributed by atoms with Crippen LogP contribution in [0.15, 0.2) is 30.3 Å². The second-order valence-electron chi connectivity index (χ2n) is 5.72. The zero-order chi connectivity index (χ0) is 11.7. The highest BCUT2D eigenvalue weighted by molar-refractivity contribution is 5.21. The van der Waals surface area contributed by atoms with Gasteiger partial charge in [0.15, 0.2) is 0 Å². The van der Waals surface area contributed by atoms with Gasteiger partial charge in [-0.2, -0.15) is 0 Å². The molecule has 2 bridgehead atoms. The van der Waals surface area contributed by atoms with E-state index in [0.29, 0.717) is 0 Å². The Morgan fingerprint density at radius 3 is 2.71 bits per heavy atom. The van der Waals surface area contributed by atoms with Crippen molar-refractivity contribution in [1.82, 2.24) is 0 Å². The molecule has 0 aliphatic heterocycles. The molecule has 0 saturated heterocycles. The van der Waals surface area contributed by atoms with Crippen molar-refractivity contribution < 1.29 is 4.74 Å². The summed E-state index contributed by atoms with van der Waals surface area (Å²) in [7, 11) is 0. The third kappa shape index (κ3) is 2.19. The van der Waals surface area contributed by atoms with Gasteiger partial charge in [-0.1, -0.05) is 24.6 Å². The third-order valence-corrected chi connectivity index (χ3v) is 4.60. The van der Waals surface area contributed by atoms with Gasteiger partial charge in [0, 0.05) is 5.54 Å². The van der Waals surface area contributed by atoms with E-state index >= 15 is 0 Å². The molecule has 0 heterocycles. The smallest absolute Gasteiger partial charge is 0.119 e. The number of ether oxygens (including phenoxy) is 1. The first-order valence-corrected chi connectivity index (χ1v) is 6.73. The summed E-state index contributed by atoms with van der Waals surface area (Å²) >= 11 is 0. The molecule has 3 atom stereocenters. The van der Waals surface area contributed by atoms with Crippen molar-refractivity contribution in [1.29, 1.82) is 0 Å². The van der Waals surface area contributed by atoms with Gasteiger partial charge in [0.1, 0.15) is 5.75 Å². The summed E-state index contributed by atoms with van der Waals surface area (Å²) in [5.74, 6) is 2.62. The molecule has 2 N–H and O–H groups in total. The minimum atomic E-state index is 0.0672. The van der Waals surface area contributed by atoms with Crippen LogP contribution in [0.2, 0.25) is 0 Å². The lowest BCUT2D eigenvalue weighted by molar-refractivity contribution is 0.199. The van der Waals surface area contributed by atoms with Gasteiger partial charge in [-0.25, -0.2) is 0 Å². The van der Waals surface area contributed by atoms with Crippen molar-refractivity contribution in [3.05, 3.63) is 30.3 Å². The Morgan fingerprint density at radius 1 is 1.24 bits per heavy atom. The highest BCUT2D eigenvalue weighted by Crippen LogP contribution is 2.50. The zero-order valence-corrected chi connectivity index (χ0v) is 10.3. The van der Waals surface area contributed by atoms with E-state index in [1.165, 1.54) is 25.7 Å². The Balaban J connectivity index is 1.52. The number of nitrogens with two attached hydrogens (primary N) is 1. The molecule has 0 spiro atoms. The summed E-state index contributed by atoms with van der Waals surface area (Å²) in [6.07, 6.45) is 6.33. The topological polar surface area (TPSA) is 35.2 Å². The predicted molar refractivity (Wildman–Crippen MR) is 68.9 cm³/mol. The van der Waals surface area contributed by atoms with Crippen LogP contribution in [-0.2, 0) is 0 Å². The zero-order valence-electron chi connectivity index (χ0n) is 10.3. The molecule has 3 unspecified atom stereocenters. The van der Waals surface area contributed by atoms with Crippen molar-refractivity contribution in [2.24, 2.45) is 17.6 Å². The van der Waals surface area contributed by atoms with E-state index in [9.17, 15) is 0 Å². The summed E-state index contributed by atoms with van der Waals surface area (Å²) in [5.41, 5.74) is 6.60. The van der Waals surface area contributed by atoms with E-state index in [0.717, 1.165) is 30.6 Å². The molecule has 1 aromatic rings. The van der Waals surface area contributed by atoms with Crippen molar-refractivity contribution >= 4 is 0 Å². The number of rotatable bonds is 4. The molecule has 17 heavy (non-hydrogen) atoms. The van der Waals surface area contributed by atoms with Crippen LogP contribution in [0.5, 0.6) is 5.75 Å². The van der Waals surface area contributed by atoms with E-state index in [-0.39, 0.29) is 5.54 Å². The first-order chi connectivity index (χ1) is 8.26. The van der Waals surface area contributed by atoms with E-state index in [1.54, 1.807) is 0 Å². The average molecular weight is 231 g/mol. The van der Waals surface area contributed by atoms with E-state index < -0.39 is 0 Å². The Kier molecular flexibility index (Phi) is 2.83. The molecule has 2 nitrogen and oxygen atoms in total. The first kappa shape index (κ1) is 11.1. The molecule has 92 valence electrons. The largest absolute Gasteiger partial charge is 0.494 e. The van der Waals surface area contributed by atoms with Gasteiger partial charge in [0.05, 0.1) is 6.61 Å². The Morgan fingerprint density at radius 2 is 2.06 bits per heavy atom. The number of fused-ring (bicyclic) bond motifs is 2. The van der Waals surface area contributed by atoms with Crippen LogP contribution >= 0.6 is 0 Å². The number of hydrogen-bond donors (Lipinski definition) is 1. The average Bonchev–Trinajstić information content (AvgIpc) is 2.90. The highest BCUT2D eigenvalue weighted by atomic mass is 16.5. The number of benzene rings is 1. The molecular formula is C15H21NO. The number of para-hydroxylation sites is 1. The Labute approximate surface area is 103 Å². The fraction of sp³-hybridized carbons (Fsp3) is 0.600. The van der Waals surface area contributed by atoms with Gasteiger partial charge in [-0.15, -0.1) is 0 Å². The van der Waals surface area contributed by atoms with Gasteiger partial charge in [-0.05, 0) is 49.7 Å². The minimum absolute atomic E-state index is 0.0672. The summed E-state index contributed by atoms with van der Waals surface area (Å²) < 4.78 is 5.76. The van der Waals surface area contributed by atoms with E-state index in [1.807, 2.05) is 30.3 Å². The quantitative estimate of drug-likeness (QED) is 0.864. The van der Waals surface area contributed by atoms with Crippen LogP contribution in [0.1, 0.15) is 32.1 Å². The molecule has 0 aromatic heterocycles. The predicted octanol–water partition coefficient (Wildman–Crippen LogP) is 2.97. The molecule has 0 radical (unpaired) electrons. The summed E-state index contributed by atoms with van der Waals surface area (Å²) in [5, 5.41) is 0. The van der Waals surface area contributed by atoms with Crippen LogP contribution in [0, 0.1) is 11.8 Å². The van der Waals surface area contributed by atoms with Crippen LogP contribution in [0.4, 0.5) is 0 Å². The molecule has 2 fully saturated rings. The van der Waals surface area contributed by atoms with Gasteiger partial charge >= 0.3 is 0 Å². The fourth-order valence-corrected chi connectivity index (χ4v) is 3.67. The first-order valence-electron chi connectivity index (χ1n) is 6.73. The van der Waals surface area contributed by atoms with Gasteiger partial charge in [0.25, 0.3) is 0 Å². The van der Waals surface area contributed by atoms with E-state index in [2.05, 4.69) is 0 Å². The molecule has 2 heteroatoms. The second-order valence-corrected chi connectivity index (χ2v) is 5.72. The lowest BCUT2D eigenvalue weighted by Gasteiger charge is -2.33.